The van der Waals surface area contributed by atoms with Crippen LogP contribution in [0.15, 0.2) is 42.7 Å². The smallest absolute Gasteiger partial charge is 0.168 e. The second-order valence-electron chi connectivity index (χ2n) is 2.69. The standard InChI is InChI=1S/C11H10F2O/c1-3-4-8(2)14-11-6-5-9(12)7-10(11)13/h3-7H,1H2,2H3/b8-4+. The first kappa shape index (κ1) is 10.4. The molecule has 1 aromatic carbocycles. The Labute approximate surface area is 81.3 Å². The average molecular weight is 196 g/mol. The molecule has 74 valence electrons. The van der Waals surface area contributed by atoms with Crippen molar-refractivity contribution < 1.29 is 13.5 Å². The van der Waals surface area contributed by atoms with E-state index in [-0.39, 0.29) is 5.75 Å². The van der Waals surface area contributed by atoms with Gasteiger partial charge in [0.15, 0.2) is 11.6 Å². The SMILES string of the molecule is C=C/C=C(\C)Oc1ccc(F)cc1F. The van der Waals surface area contributed by atoms with Crippen LogP contribution >= 0.6 is 0 Å². The number of rotatable bonds is 3. The van der Waals surface area contributed by atoms with Crippen LogP contribution in [0.5, 0.6) is 5.75 Å². The van der Waals surface area contributed by atoms with Crippen LogP contribution < -0.4 is 4.74 Å². The van der Waals surface area contributed by atoms with Crippen LogP contribution in [0.3, 0.4) is 0 Å². The van der Waals surface area contributed by atoms with Crippen LogP contribution in [0.1, 0.15) is 6.92 Å². The Kier molecular flexibility index (Phi) is 3.40. The van der Waals surface area contributed by atoms with Gasteiger partial charge in [0.2, 0.25) is 0 Å². The van der Waals surface area contributed by atoms with E-state index in [1.165, 1.54) is 12.1 Å². The topological polar surface area (TPSA) is 9.23 Å². The Hall–Kier alpha value is -1.64. The molecule has 0 bridgehead atoms. The lowest BCUT2D eigenvalue weighted by molar-refractivity contribution is 0.396. The van der Waals surface area contributed by atoms with Crippen molar-refractivity contribution in [1.82, 2.24) is 0 Å². The molecule has 1 aromatic rings. The predicted molar refractivity (Wildman–Crippen MR) is 50.9 cm³/mol. The maximum Gasteiger partial charge on any atom is 0.168 e. The molecule has 1 rings (SSSR count). The third kappa shape index (κ3) is 2.69. The van der Waals surface area contributed by atoms with Crippen LogP contribution in [-0.4, -0.2) is 0 Å². The van der Waals surface area contributed by atoms with Gasteiger partial charge in [-0.2, -0.15) is 0 Å². The number of hydrogen-bond acceptors (Lipinski definition) is 1. The van der Waals surface area contributed by atoms with Crippen molar-refractivity contribution in [2.45, 2.75) is 6.92 Å². The first-order valence-electron chi connectivity index (χ1n) is 4.05. The van der Waals surface area contributed by atoms with Crippen LogP contribution in [0.25, 0.3) is 0 Å². The summed E-state index contributed by atoms with van der Waals surface area (Å²) in [6.07, 6.45) is 3.11. The highest BCUT2D eigenvalue weighted by Gasteiger charge is 2.04. The van der Waals surface area contributed by atoms with E-state index >= 15 is 0 Å². The molecule has 0 saturated carbocycles. The summed E-state index contributed by atoms with van der Waals surface area (Å²) in [5.41, 5.74) is 0. The molecule has 0 fully saturated rings. The van der Waals surface area contributed by atoms with Crippen molar-refractivity contribution in [2.24, 2.45) is 0 Å². The van der Waals surface area contributed by atoms with Gasteiger partial charge in [-0.25, -0.2) is 8.78 Å². The lowest BCUT2D eigenvalue weighted by Crippen LogP contribution is -1.93. The quantitative estimate of drug-likeness (QED) is 0.531. The minimum absolute atomic E-state index is 0.00185. The molecular formula is C11H10F2O. The van der Waals surface area contributed by atoms with Gasteiger partial charge in [-0.05, 0) is 25.1 Å². The van der Waals surface area contributed by atoms with Crippen LogP contribution in [-0.2, 0) is 0 Å². The zero-order chi connectivity index (χ0) is 10.6. The summed E-state index contributed by atoms with van der Waals surface area (Å²) in [6.45, 7) is 5.13. The predicted octanol–water partition coefficient (Wildman–Crippen LogP) is 3.43. The maximum absolute atomic E-state index is 13.0. The zero-order valence-electron chi connectivity index (χ0n) is 7.76. The van der Waals surface area contributed by atoms with Gasteiger partial charge in [-0.15, -0.1) is 0 Å². The van der Waals surface area contributed by atoms with E-state index in [1.807, 2.05) is 0 Å². The number of benzene rings is 1. The minimum atomic E-state index is -0.721. The number of hydrogen-bond donors (Lipinski definition) is 0. The molecule has 0 N–H and O–H groups in total. The van der Waals surface area contributed by atoms with Crippen LogP contribution in [0, 0.1) is 11.6 Å². The molecule has 0 spiro atoms. The minimum Gasteiger partial charge on any atom is -0.459 e. The number of halogens is 2. The Balaban J connectivity index is 2.87. The highest BCUT2D eigenvalue weighted by atomic mass is 19.1. The fourth-order valence-corrected chi connectivity index (χ4v) is 0.931. The van der Waals surface area contributed by atoms with Gasteiger partial charge in [0.1, 0.15) is 11.6 Å². The molecular weight excluding hydrogens is 186 g/mol. The summed E-state index contributed by atoms with van der Waals surface area (Å²) < 4.78 is 30.6. The number of ether oxygens (including phenoxy) is 1. The van der Waals surface area contributed by atoms with Gasteiger partial charge >= 0.3 is 0 Å². The van der Waals surface area contributed by atoms with Gasteiger partial charge in [-0.1, -0.05) is 12.7 Å². The molecule has 0 atom stereocenters. The van der Waals surface area contributed by atoms with Crippen LogP contribution in [0.4, 0.5) is 8.78 Å². The average Bonchev–Trinajstić information content (AvgIpc) is 2.10. The molecule has 0 aliphatic rings. The molecule has 0 aliphatic carbocycles. The Bertz CT molecular complexity index is 370. The molecule has 0 heterocycles. The monoisotopic (exact) mass is 196 g/mol. The second kappa shape index (κ2) is 4.56. The molecule has 0 radical (unpaired) electrons. The van der Waals surface area contributed by atoms with Crippen molar-refractivity contribution >= 4 is 0 Å². The molecule has 0 aliphatic heterocycles. The highest BCUT2D eigenvalue weighted by Crippen LogP contribution is 2.19. The van der Waals surface area contributed by atoms with Crippen molar-refractivity contribution in [3.8, 4) is 5.75 Å². The summed E-state index contributed by atoms with van der Waals surface area (Å²) in [7, 11) is 0. The Morgan fingerprint density at radius 3 is 2.71 bits per heavy atom. The Morgan fingerprint density at radius 1 is 1.43 bits per heavy atom. The molecule has 0 unspecified atom stereocenters. The van der Waals surface area contributed by atoms with E-state index in [0.29, 0.717) is 5.76 Å². The van der Waals surface area contributed by atoms with E-state index in [0.717, 1.165) is 12.1 Å². The highest BCUT2D eigenvalue weighted by molar-refractivity contribution is 5.26. The fraction of sp³-hybridized carbons (Fsp3) is 0.0909. The molecule has 0 amide bonds. The van der Waals surface area contributed by atoms with Gasteiger partial charge in [0, 0.05) is 6.07 Å². The fourth-order valence-electron chi connectivity index (χ4n) is 0.931. The summed E-state index contributed by atoms with van der Waals surface area (Å²) in [5.74, 6) is -0.852. The first-order chi connectivity index (χ1) is 6.63. The Morgan fingerprint density at radius 2 is 2.14 bits per heavy atom. The summed E-state index contributed by atoms with van der Waals surface area (Å²) in [4.78, 5) is 0. The lowest BCUT2D eigenvalue weighted by Gasteiger charge is -2.05. The van der Waals surface area contributed by atoms with E-state index < -0.39 is 11.6 Å². The summed E-state index contributed by atoms with van der Waals surface area (Å²) >= 11 is 0. The first-order valence-corrected chi connectivity index (χ1v) is 4.05. The van der Waals surface area contributed by atoms with Gasteiger partial charge in [0.05, 0.1) is 0 Å². The van der Waals surface area contributed by atoms with E-state index in [9.17, 15) is 8.78 Å². The van der Waals surface area contributed by atoms with Gasteiger partial charge in [0.25, 0.3) is 0 Å². The van der Waals surface area contributed by atoms with E-state index in [2.05, 4.69) is 6.58 Å². The van der Waals surface area contributed by atoms with Gasteiger partial charge < -0.3 is 4.74 Å². The zero-order valence-corrected chi connectivity index (χ0v) is 7.76. The number of allylic oxidation sites excluding steroid dienone is 3. The molecule has 1 nitrogen and oxygen atoms in total. The molecule has 0 saturated heterocycles. The van der Waals surface area contributed by atoms with Gasteiger partial charge in [-0.3, -0.25) is 0 Å². The largest absolute Gasteiger partial charge is 0.459 e. The van der Waals surface area contributed by atoms with Crippen LogP contribution in [0.2, 0.25) is 0 Å². The molecule has 0 aromatic heterocycles. The van der Waals surface area contributed by atoms with Crippen molar-refractivity contribution in [3.63, 3.8) is 0 Å². The molecule has 3 heteroatoms. The van der Waals surface area contributed by atoms with Crippen molar-refractivity contribution in [1.29, 1.82) is 0 Å². The summed E-state index contributed by atoms with van der Waals surface area (Å²) in [6, 6.07) is 3.15. The third-order valence-corrected chi connectivity index (χ3v) is 1.52. The normalized spacial score (nSPS) is 11.2. The molecule has 14 heavy (non-hydrogen) atoms. The van der Waals surface area contributed by atoms with E-state index in [4.69, 9.17) is 4.74 Å². The summed E-state index contributed by atoms with van der Waals surface area (Å²) in [5, 5.41) is 0. The second-order valence-corrected chi connectivity index (χ2v) is 2.69. The lowest BCUT2D eigenvalue weighted by atomic mass is 10.3. The van der Waals surface area contributed by atoms with Crippen molar-refractivity contribution in [2.75, 3.05) is 0 Å². The van der Waals surface area contributed by atoms with Crippen molar-refractivity contribution in [3.05, 3.63) is 54.3 Å². The van der Waals surface area contributed by atoms with E-state index in [1.54, 1.807) is 13.0 Å². The third-order valence-electron chi connectivity index (χ3n) is 1.52. The maximum atomic E-state index is 13.0.